The quantitative estimate of drug-likeness (QED) is 0.641. The summed E-state index contributed by atoms with van der Waals surface area (Å²) in [4.78, 5) is 11.4. The van der Waals surface area contributed by atoms with Crippen molar-refractivity contribution in [2.75, 3.05) is 14.2 Å². The molecule has 1 saturated carbocycles. The van der Waals surface area contributed by atoms with Gasteiger partial charge in [0.2, 0.25) is 0 Å². The van der Waals surface area contributed by atoms with E-state index in [9.17, 15) is 18.0 Å². The Hall–Kier alpha value is -0.820. The second-order valence-corrected chi connectivity index (χ2v) is 5.30. The molecular weight excluding hydrogens is 275 g/mol. The van der Waals surface area contributed by atoms with Gasteiger partial charge >= 0.3 is 12.1 Å². The van der Waals surface area contributed by atoms with Gasteiger partial charge in [-0.1, -0.05) is 25.7 Å². The number of nitrogens with one attached hydrogen (secondary N) is 1. The second kappa shape index (κ2) is 6.30. The first kappa shape index (κ1) is 17.2. The highest BCUT2D eigenvalue weighted by molar-refractivity contribution is 5.82. The molecule has 0 aliphatic heterocycles. The lowest BCUT2D eigenvalue weighted by molar-refractivity contribution is -0.249. The van der Waals surface area contributed by atoms with E-state index in [0.717, 1.165) is 25.7 Å². The molecule has 20 heavy (non-hydrogen) atoms. The molecule has 7 heteroatoms. The lowest BCUT2D eigenvalue weighted by Gasteiger charge is -2.46. The van der Waals surface area contributed by atoms with Gasteiger partial charge in [-0.05, 0) is 19.8 Å². The van der Waals surface area contributed by atoms with Gasteiger partial charge < -0.3 is 14.8 Å². The standard InChI is InChI=1S/C13H22F3NO3/c1-11(19-2,20-3)12(8-6-4-5-7-9-12)17-10(18)13(14,15)16/h4-9H2,1-3H3,(H,17,18). The number of carbonyl (C=O) groups excluding carboxylic acids is 1. The first-order chi connectivity index (χ1) is 9.21. The van der Waals surface area contributed by atoms with Gasteiger partial charge in [-0.2, -0.15) is 13.2 Å². The summed E-state index contributed by atoms with van der Waals surface area (Å²) in [7, 11) is 2.74. The maximum atomic E-state index is 12.6. The Kier molecular flexibility index (Phi) is 5.43. The van der Waals surface area contributed by atoms with Crippen LogP contribution in [-0.4, -0.2) is 37.6 Å². The van der Waals surface area contributed by atoms with E-state index in [4.69, 9.17) is 9.47 Å². The molecule has 1 rings (SSSR count). The van der Waals surface area contributed by atoms with Crippen molar-refractivity contribution in [1.82, 2.24) is 5.32 Å². The van der Waals surface area contributed by atoms with Crippen LogP contribution in [0.5, 0.6) is 0 Å². The van der Waals surface area contributed by atoms with Crippen molar-refractivity contribution in [2.24, 2.45) is 0 Å². The number of ether oxygens (including phenoxy) is 2. The minimum Gasteiger partial charge on any atom is -0.351 e. The number of methoxy groups -OCH3 is 2. The van der Waals surface area contributed by atoms with E-state index in [2.05, 4.69) is 5.32 Å². The Balaban J connectivity index is 3.09. The Bertz CT molecular complexity index is 332. The maximum Gasteiger partial charge on any atom is 0.471 e. The van der Waals surface area contributed by atoms with Crippen LogP contribution in [0.2, 0.25) is 0 Å². The highest BCUT2D eigenvalue weighted by atomic mass is 19.4. The van der Waals surface area contributed by atoms with Gasteiger partial charge in [0.15, 0.2) is 5.79 Å². The Morgan fingerprint density at radius 1 is 1.05 bits per heavy atom. The molecule has 0 saturated heterocycles. The van der Waals surface area contributed by atoms with Gasteiger partial charge in [0.1, 0.15) is 0 Å². The molecule has 0 atom stereocenters. The van der Waals surface area contributed by atoms with E-state index >= 15 is 0 Å². The number of alkyl halides is 3. The second-order valence-electron chi connectivity index (χ2n) is 5.30. The van der Waals surface area contributed by atoms with E-state index in [-0.39, 0.29) is 0 Å². The smallest absolute Gasteiger partial charge is 0.351 e. The molecule has 4 nitrogen and oxygen atoms in total. The first-order valence-corrected chi connectivity index (χ1v) is 6.70. The van der Waals surface area contributed by atoms with Crippen molar-refractivity contribution in [1.29, 1.82) is 0 Å². The van der Waals surface area contributed by atoms with Crippen LogP contribution >= 0.6 is 0 Å². The number of rotatable bonds is 4. The molecule has 0 aromatic carbocycles. The zero-order valence-electron chi connectivity index (χ0n) is 12.1. The number of carbonyl (C=O) groups is 1. The van der Waals surface area contributed by atoms with Crippen molar-refractivity contribution in [3.8, 4) is 0 Å². The Morgan fingerprint density at radius 3 is 1.85 bits per heavy atom. The van der Waals surface area contributed by atoms with Crippen molar-refractivity contribution in [2.45, 2.75) is 63.0 Å². The van der Waals surface area contributed by atoms with Gasteiger partial charge in [0.05, 0.1) is 5.54 Å². The summed E-state index contributed by atoms with van der Waals surface area (Å²) in [5, 5.41) is 2.14. The minimum atomic E-state index is -4.91. The third-order valence-corrected chi connectivity index (χ3v) is 4.22. The molecule has 0 radical (unpaired) electrons. The largest absolute Gasteiger partial charge is 0.471 e. The van der Waals surface area contributed by atoms with Crippen LogP contribution in [0.25, 0.3) is 0 Å². The molecule has 1 N–H and O–H groups in total. The summed E-state index contributed by atoms with van der Waals surface area (Å²) in [6.07, 6.45) is -0.830. The van der Waals surface area contributed by atoms with E-state index < -0.39 is 23.4 Å². The fourth-order valence-corrected chi connectivity index (χ4v) is 2.79. The highest BCUT2D eigenvalue weighted by Crippen LogP contribution is 2.39. The van der Waals surface area contributed by atoms with Gasteiger partial charge in [-0.3, -0.25) is 4.79 Å². The topological polar surface area (TPSA) is 47.6 Å². The first-order valence-electron chi connectivity index (χ1n) is 6.70. The molecule has 1 fully saturated rings. The van der Waals surface area contributed by atoms with Gasteiger partial charge in [0, 0.05) is 14.2 Å². The Morgan fingerprint density at radius 2 is 1.50 bits per heavy atom. The SMILES string of the molecule is COC(C)(OC)C1(NC(=O)C(F)(F)F)CCCCCC1. The average molecular weight is 297 g/mol. The van der Waals surface area contributed by atoms with Gasteiger partial charge in [-0.15, -0.1) is 0 Å². The van der Waals surface area contributed by atoms with E-state index in [1.165, 1.54) is 14.2 Å². The van der Waals surface area contributed by atoms with Crippen LogP contribution in [0, 0.1) is 0 Å². The lowest BCUT2D eigenvalue weighted by Crippen LogP contribution is -2.66. The van der Waals surface area contributed by atoms with Crippen molar-refractivity contribution in [3.63, 3.8) is 0 Å². The molecule has 0 aromatic rings. The molecule has 118 valence electrons. The third-order valence-electron chi connectivity index (χ3n) is 4.22. The van der Waals surface area contributed by atoms with Gasteiger partial charge in [0.25, 0.3) is 0 Å². The monoisotopic (exact) mass is 297 g/mol. The van der Waals surface area contributed by atoms with Crippen molar-refractivity contribution in [3.05, 3.63) is 0 Å². The normalized spacial score (nSPS) is 20.3. The molecule has 0 bridgehead atoms. The van der Waals surface area contributed by atoms with Crippen LogP contribution in [0.15, 0.2) is 0 Å². The zero-order valence-corrected chi connectivity index (χ0v) is 12.1. The van der Waals surface area contributed by atoms with E-state index in [1.807, 2.05) is 0 Å². The summed E-state index contributed by atoms with van der Waals surface area (Å²) < 4.78 is 48.3. The third kappa shape index (κ3) is 3.44. The lowest BCUT2D eigenvalue weighted by atomic mass is 9.81. The van der Waals surface area contributed by atoms with Crippen molar-refractivity contribution < 1.29 is 27.4 Å². The van der Waals surface area contributed by atoms with Crippen LogP contribution in [-0.2, 0) is 14.3 Å². The van der Waals surface area contributed by atoms with Crippen LogP contribution < -0.4 is 5.32 Å². The highest BCUT2D eigenvalue weighted by Gasteiger charge is 2.53. The molecule has 1 aliphatic rings. The molecule has 0 unspecified atom stereocenters. The average Bonchev–Trinajstić information content (AvgIpc) is 2.63. The van der Waals surface area contributed by atoms with Crippen molar-refractivity contribution >= 4 is 5.91 Å². The molecule has 0 aromatic heterocycles. The predicted octanol–water partition coefficient (Wildman–Crippen LogP) is 2.77. The molecule has 1 aliphatic carbocycles. The van der Waals surface area contributed by atoms with Crippen LogP contribution in [0.3, 0.4) is 0 Å². The molecule has 0 heterocycles. The number of hydrogen-bond donors (Lipinski definition) is 1. The zero-order chi connectivity index (χ0) is 15.4. The van der Waals surface area contributed by atoms with Crippen LogP contribution in [0.4, 0.5) is 13.2 Å². The molecule has 0 spiro atoms. The fraction of sp³-hybridized carbons (Fsp3) is 0.923. The predicted molar refractivity (Wildman–Crippen MR) is 67.1 cm³/mol. The summed E-state index contributed by atoms with van der Waals surface area (Å²) in [6.45, 7) is 1.56. The molecule has 1 amide bonds. The summed E-state index contributed by atoms with van der Waals surface area (Å²) in [5.74, 6) is -3.24. The van der Waals surface area contributed by atoms with Gasteiger partial charge in [-0.25, -0.2) is 0 Å². The summed E-state index contributed by atoms with van der Waals surface area (Å²) in [6, 6.07) is 0. The maximum absolute atomic E-state index is 12.6. The summed E-state index contributed by atoms with van der Waals surface area (Å²) >= 11 is 0. The number of amides is 1. The summed E-state index contributed by atoms with van der Waals surface area (Å²) in [5.41, 5.74) is -1.17. The minimum absolute atomic E-state index is 0.396. The fourth-order valence-electron chi connectivity index (χ4n) is 2.79. The van der Waals surface area contributed by atoms with Crippen LogP contribution in [0.1, 0.15) is 45.4 Å². The Labute approximate surface area is 117 Å². The number of halogens is 3. The van der Waals surface area contributed by atoms with E-state index in [0.29, 0.717) is 12.8 Å². The van der Waals surface area contributed by atoms with E-state index in [1.54, 1.807) is 6.92 Å². The number of hydrogen-bond acceptors (Lipinski definition) is 3. The molecular formula is C13H22F3NO3.